The van der Waals surface area contributed by atoms with E-state index in [1.54, 1.807) is 0 Å². The second kappa shape index (κ2) is 4.68. The Labute approximate surface area is 113 Å². The maximum Gasteiger partial charge on any atom is 0.218 e. The zero-order valence-electron chi connectivity index (χ0n) is 11.4. The number of fused-ring (bicyclic) bond motifs is 1. The third-order valence-corrected chi connectivity index (χ3v) is 4.42. The molecule has 6 heteroatoms. The topological polar surface area (TPSA) is 73.4 Å². The lowest BCUT2D eigenvalue weighted by atomic mass is 9.85. The maximum absolute atomic E-state index is 10.6. The van der Waals surface area contributed by atoms with Gasteiger partial charge in [0, 0.05) is 24.0 Å². The fraction of sp³-hybridized carbons (Fsp3) is 0.538. The summed E-state index contributed by atoms with van der Waals surface area (Å²) in [5, 5.41) is 0. The van der Waals surface area contributed by atoms with Crippen molar-refractivity contribution in [1.29, 1.82) is 0 Å². The summed E-state index contributed by atoms with van der Waals surface area (Å²) >= 11 is 0. The number of aromatic nitrogens is 1. The lowest BCUT2D eigenvalue weighted by Gasteiger charge is -2.17. The minimum absolute atomic E-state index is 0.160. The first kappa shape index (κ1) is 14.1. The molecule has 2 rings (SSSR count). The van der Waals surface area contributed by atoms with Gasteiger partial charge in [0.1, 0.15) is 12.2 Å². The standard InChI is InChI=1S/C13H18N2O3S/c1-10-13(2,3)12-11(14-10)6-4-7-15(12)8-5-9-19(16,17)18/h4,6-7H,5,8-9H2,1-3H3. The van der Waals surface area contributed by atoms with E-state index in [4.69, 9.17) is 0 Å². The van der Waals surface area contributed by atoms with E-state index in [2.05, 4.69) is 18.8 Å². The Balaban J connectivity index is 2.25. The smallest absolute Gasteiger partial charge is 0.218 e. The number of aliphatic imine (C=N–C) groups is 1. The van der Waals surface area contributed by atoms with E-state index in [1.165, 1.54) is 0 Å². The molecular weight excluding hydrogens is 264 g/mol. The van der Waals surface area contributed by atoms with Crippen LogP contribution in [0.4, 0.5) is 5.69 Å². The van der Waals surface area contributed by atoms with Gasteiger partial charge in [-0.05, 0) is 26.8 Å². The van der Waals surface area contributed by atoms with Crippen LogP contribution in [0.5, 0.6) is 0 Å². The molecule has 1 aliphatic heterocycles. The van der Waals surface area contributed by atoms with Crippen LogP contribution in [0.15, 0.2) is 23.3 Å². The Bertz CT molecular complexity index is 633. The summed E-state index contributed by atoms with van der Waals surface area (Å²) in [5.74, 6) is -0.329. The molecule has 1 aromatic rings. The van der Waals surface area contributed by atoms with Gasteiger partial charge in [-0.15, -0.1) is 0 Å². The average Bonchev–Trinajstić information content (AvgIpc) is 2.49. The van der Waals surface area contributed by atoms with Crippen LogP contribution in [0.2, 0.25) is 0 Å². The quantitative estimate of drug-likeness (QED) is 0.617. The Morgan fingerprint density at radius 1 is 1.42 bits per heavy atom. The van der Waals surface area contributed by atoms with E-state index in [0.717, 1.165) is 17.1 Å². The molecule has 2 heterocycles. The number of pyridine rings is 1. The van der Waals surface area contributed by atoms with Crippen molar-refractivity contribution in [2.75, 3.05) is 5.75 Å². The van der Waals surface area contributed by atoms with Crippen molar-refractivity contribution in [3.05, 3.63) is 24.0 Å². The van der Waals surface area contributed by atoms with Crippen LogP contribution in [-0.2, 0) is 22.1 Å². The van der Waals surface area contributed by atoms with Crippen LogP contribution < -0.4 is 4.57 Å². The third kappa shape index (κ3) is 2.84. The molecule has 0 N–H and O–H groups in total. The maximum atomic E-state index is 10.6. The van der Waals surface area contributed by atoms with Crippen molar-refractivity contribution >= 4 is 21.5 Å². The van der Waals surface area contributed by atoms with Gasteiger partial charge in [-0.2, -0.15) is 4.57 Å². The molecule has 0 bridgehead atoms. The molecule has 1 aliphatic rings. The molecule has 0 spiro atoms. The minimum Gasteiger partial charge on any atom is -0.748 e. The van der Waals surface area contributed by atoms with Gasteiger partial charge in [0.25, 0.3) is 0 Å². The van der Waals surface area contributed by atoms with E-state index in [0.29, 0.717) is 13.0 Å². The molecule has 19 heavy (non-hydrogen) atoms. The van der Waals surface area contributed by atoms with Crippen LogP contribution in [-0.4, -0.2) is 24.4 Å². The third-order valence-electron chi connectivity index (χ3n) is 3.63. The normalized spacial score (nSPS) is 17.2. The number of hydrogen-bond donors (Lipinski definition) is 0. The second-order valence-corrected chi connectivity index (χ2v) is 6.90. The highest BCUT2D eigenvalue weighted by Crippen LogP contribution is 2.36. The molecule has 0 radical (unpaired) electrons. The van der Waals surface area contributed by atoms with Crippen LogP contribution in [0.25, 0.3) is 0 Å². The molecule has 5 nitrogen and oxygen atoms in total. The van der Waals surface area contributed by atoms with Gasteiger partial charge in [0.05, 0.1) is 15.5 Å². The van der Waals surface area contributed by atoms with E-state index in [9.17, 15) is 13.0 Å². The molecule has 0 unspecified atom stereocenters. The summed E-state index contributed by atoms with van der Waals surface area (Å²) in [5.41, 5.74) is 2.89. The predicted octanol–water partition coefficient (Wildman–Crippen LogP) is 1.29. The molecule has 0 fully saturated rings. The highest BCUT2D eigenvalue weighted by atomic mass is 32.2. The molecule has 0 aromatic carbocycles. The monoisotopic (exact) mass is 282 g/mol. The summed E-state index contributed by atoms with van der Waals surface area (Å²) in [7, 11) is -4.14. The van der Waals surface area contributed by atoms with Gasteiger partial charge in [-0.25, -0.2) is 8.42 Å². The molecule has 0 atom stereocenters. The van der Waals surface area contributed by atoms with Gasteiger partial charge < -0.3 is 4.55 Å². The van der Waals surface area contributed by atoms with Crippen LogP contribution in [0.1, 0.15) is 32.9 Å². The lowest BCUT2D eigenvalue weighted by Crippen LogP contribution is -2.45. The zero-order chi connectivity index (χ0) is 14.3. The Kier molecular flexibility index (Phi) is 3.49. The van der Waals surface area contributed by atoms with Crippen molar-refractivity contribution in [3.63, 3.8) is 0 Å². The van der Waals surface area contributed by atoms with Crippen LogP contribution in [0, 0.1) is 0 Å². The average molecular weight is 282 g/mol. The first-order chi connectivity index (χ1) is 8.72. The van der Waals surface area contributed by atoms with Crippen molar-refractivity contribution in [2.45, 2.75) is 39.2 Å². The second-order valence-electron chi connectivity index (χ2n) is 5.37. The Morgan fingerprint density at radius 2 is 2.11 bits per heavy atom. The molecule has 0 saturated carbocycles. The van der Waals surface area contributed by atoms with Crippen molar-refractivity contribution in [2.24, 2.45) is 4.99 Å². The molecule has 0 aliphatic carbocycles. The largest absolute Gasteiger partial charge is 0.748 e. The predicted molar refractivity (Wildman–Crippen MR) is 71.6 cm³/mol. The first-order valence-corrected chi connectivity index (χ1v) is 7.82. The number of rotatable bonds is 4. The van der Waals surface area contributed by atoms with Crippen LogP contribution in [0.3, 0.4) is 0 Å². The van der Waals surface area contributed by atoms with Crippen molar-refractivity contribution in [3.8, 4) is 0 Å². The highest BCUT2D eigenvalue weighted by Gasteiger charge is 2.40. The Hall–Kier alpha value is -1.27. The van der Waals surface area contributed by atoms with E-state index >= 15 is 0 Å². The van der Waals surface area contributed by atoms with Crippen molar-refractivity contribution < 1.29 is 17.5 Å². The zero-order valence-corrected chi connectivity index (χ0v) is 12.2. The molecule has 0 amide bonds. The number of hydrogen-bond acceptors (Lipinski definition) is 4. The summed E-state index contributed by atoms with van der Waals surface area (Å²) < 4.78 is 33.9. The number of nitrogens with zero attached hydrogens (tertiary/aromatic N) is 2. The Morgan fingerprint density at radius 3 is 2.74 bits per heavy atom. The highest BCUT2D eigenvalue weighted by molar-refractivity contribution is 7.85. The van der Waals surface area contributed by atoms with Gasteiger partial charge in [0.15, 0.2) is 6.20 Å². The molecule has 104 valence electrons. The SMILES string of the molecule is CC1=Nc2ccc[n+](CCCS(=O)(=O)[O-])c2C1(C)C. The van der Waals surface area contributed by atoms with Gasteiger partial charge in [0.2, 0.25) is 5.69 Å². The summed E-state index contributed by atoms with van der Waals surface area (Å²) in [6.45, 7) is 6.69. The fourth-order valence-electron chi connectivity index (χ4n) is 2.40. The van der Waals surface area contributed by atoms with Gasteiger partial charge >= 0.3 is 0 Å². The van der Waals surface area contributed by atoms with Crippen LogP contribution >= 0.6 is 0 Å². The lowest BCUT2D eigenvalue weighted by molar-refractivity contribution is -0.705. The summed E-state index contributed by atoms with van der Waals surface area (Å²) in [6.07, 6.45) is 2.23. The van der Waals surface area contributed by atoms with Gasteiger partial charge in [-0.1, -0.05) is 0 Å². The summed E-state index contributed by atoms with van der Waals surface area (Å²) in [6, 6.07) is 3.84. The van der Waals surface area contributed by atoms with E-state index in [-0.39, 0.29) is 11.2 Å². The first-order valence-electron chi connectivity index (χ1n) is 6.24. The van der Waals surface area contributed by atoms with E-state index in [1.807, 2.05) is 29.8 Å². The van der Waals surface area contributed by atoms with Gasteiger partial charge in [-0.3, -0.25) is 4.99 Å². The van der Waals surface area contributed by atoms with Crippen molar-refractivity contribution in [1.82, 2.24) is 0 Å². The molecule has 1 aromatic heterocycles. The fourth-order valence-corrected chi connectivity index (χ4v) is 2.88. The summed E-state index contributed by atoms with van der Waals surface area (Å²) in [4.78, 5) is 4.54. The number of aryl methyl sites for hydroxylation is 1. The van der Waals surface area contributed by atoms with E-state index < -0.39 is 10.1 Å². The molecular formula is C13H18N2O3S. The molecule has 0 saturated heterocycles. The minimum atomic E-state index is -4.14.